The molecule has 0 bridgehead atoms. The van der Waals surface area contributed by atoms with Crippen LogP contribution in [-0.4, -0.2) is 29.9 Å². The fourth-order valence-corrected chi connectivity index (χ4v) is 3.33. The van der Waals surface area contributed by atoms with Gasteiger partial charge in [-0.1, -0.05) is 12.8 Å². The molecule has 0 radical (unpaired) electrons. The molecule has 19 heavy (non-hydrogen) atoms. The molecule has 1 unspecified atom stereocenters. The third kappa shape index (κ3) is 4.32. The van der Waals surface area contributed by atoms with Crippen LogP contribution in [0.2, 0.25) is 0 Å². The molecule has 1 N–H and O–H groups in total. The van der Waals surface area contributed by atoms with Gasteiger partial charge in [0.05, 0.1) is 6.04 Å². The van der Waals surface area contributed by atoms with Crippen molar-refractivity contribution in [2.45, 2.75) is 52.1 Å². The van der Waals surface area contributed by atoms with Crippen molar-refractivity contribution >= 4 is 17.2 Å². The molecule has 1 aromatic heterocycles. The van der Waals surface area contributed by atoms with Crippen LogP contribution in [-0.2, 0) is 11.3 Å². The number of hydrogen-bond acceptors (Lipinski definition) is 3. The number of rotatable bonds is 4. The molecular weight excluding hydrogens is 256 g/mol. The largest absolute Gasteiger partial charge is 0.341 e. The van der Waals surface area contributed by atoms with Gasteiger partial charge < -0.3 is 10.2 Å². The number of hydrogen-bond donors (Lipinski definition) is 1. The van der Waals surface area contributed by atoms with E-state index in [4.69, 9.17) is 0 Å². The third-order valence-electron chi connectivity index (χ3n) is 3.67. The lowest BCUT2D eigenvalue weighted by Gasteiger charge is -2.24. The minimum atomic E-state index is -0.0829. The first-order valence-electron chi connectivity index (χ1n) is 7.24. The van der Waals surface area contributed by atoms with Crippen LogP contribution >= 0.6 is 11.3 Å². The third-order valence-corrected chi connectivity index (χ3v) is 4.67. The second-order valence-electron chi connectivity index (χ2n) is 5.35. The Hall–Kier alpha value is -0.870. The number of amides is 1. The molecule has 106 valence electrons. The Labute approximate surface area is 120 Å². The van der Waals surface area contributed by atoms with E-state index in [9.17, 15) is 4.79 Å². The maximum Gasteiger partial charge on any atom is 0.239 e. The average Bonchev–Trinajstić information content (AvgIpc) is 2.67. The molecule has 4 heteroatoms. The van der Waals surface area contributed by atoms with E-state index in [0.717, 1.165) is 32.5 Å². The molecule has 0 saturated carbocycles. The number of nitrogens with one attached hydrogen (secondary N) is 1. The number of thiophene rings is 1. The van der Waals surface area contributed by atoms with Crippen LogP contribution in [0.1, 0.15) is 42.4 Å². The smallest absolute Gasteiger partial charge is 0.239 e. The summed E-state index contributed by atoms with van der Waals surface area (Å²) in [4.78, 5) is 17.0. The summed E-state index contributed by atoms with van der Waals surface area (Å²) in [5.41, 5.74) is 0. The van der Waals surface area contributed by atoms with Gasteiger partial charge in [0.2, 0.25) is 5.91 Å². The maximum atomic E-state index is 12.3. The number of nitrogens with zero attached hydrogens (tertiary/aromatic N) is 1. The first kappa shape index (κ1) is 14.5. The second-order valence-corrected chi connectivity index (χ2v) is 6.73. The summed E-state index contributed by atoms with van der Waals surface area (Å²) in [6, 6.07) is 4.18. The van der Waals surface area contributed by atoms with E-state index in [0.29, 0.717) is 0 Å². The minimum absolute atomic E-state index is 0.0829. The van der Waals surface area contributed by atoms with Gasteiger partial charge in [0.15, 0.2) is 0 Å². The summed E-state index contributed by atoms with van der Waals surface area (Å²) >= 11 is 1.79. The van der Waals surface area contributed by atoms with Gasteiger partial charge in [-0.15, -0.1) is 11.3 Å². The van der Waals surface area contributed by atoms with Crippen molar-refractivity contribution in [2.75, 3.05) is 13.1 Å². The summed E-state index contributed by atoms with van der Waals surface area (Å²) in [5.74, 6) is 0.259. The lowest BCUT2D eigenvalue weighted by Crippen LogP contribution is -2.44. The standard InChI is InChI=1S/C15H24N2OS/c1-12-7-8-14(19-12)11-16-13(2)15(18)17-9-5-3-4-6-10-17/h7-8,13,16H,3-6,9-11H2,1-2H3. The molecule has 1 aliphatic heterocycles. The average molecular weight is 280 g/mol. The second kappa shape index (κ2) is 7.06. The summed E-state index contributed by atoms with van der Waals surface area (Å²) < 4.78 is 0. The first-order chi connectivity index (χ1) is 9.16. The van der Waals surface area contributed by atoms with Crippen molar-refractivity contribution in [2.24, 2.45) is 0 Å². The van der Waals surface area contributed by atoms with E-state index in [2.05, 4.69) is 24.4 Å². The van der Waals surface area contributed by atoms with Crippen molar-refractivity contribution in [1.29, 1.82) is 0 Å². The van der Waals surface area contributed by atoms with Crippen molar-refractivity contribution in [3.63, 3.8) is 0 Å². The predicted molar refractivity (Wildman–Crippen MR) is 80.4 cm³/mol. The highest BCUT2D eigenvalue weighted by Crippen LogP contribution is 2.15. The van der Waals surface area contributed by atoms with Crippen molar-refractivity contribution in [1.82, 2.24) is 10.2 Å². The number of aryl methyl sites for hydroxylation is 1. The Bertz CT molecular complexity index is 408. The SMILES string of the molecule is Cc1ccc(CNC(C)C(=O)N2CCCCCC2)s1. The van der Waals surface area contributed by atoms with Gasteiger partial charge in [0.1, 0.15) is 0 Å². The molecule has 1 aromatic rings. The number of carbonyl (C=O) groups excluding carboxylic acids is 1. The molecule has 3 nitrogen and oxygen atoms in total. The molecule has 1 aliphatic rings. The maximum absolute atomic E-state index is 12.3. The number of carbonyl (C=O) groups is 1. The van der Waals surface area contributed by atoms with Crippen LogP contribution in [0.5, 0.6) is 0 Å². The van der Waals surface area contributed by atoms with Crippen LogP contribution in [0.4, 0.5) is 0 Å². The minimum Gasteiger partial charge on any atom is -0.341 e. The molecule has 1 fully saturated rings. The van der Waals surface area contributed by atoms with Crippen LogP contribution in [0.3, 0.4) is 0 Å². The molecule has 1 saturated heterocycles. The fourth-order valence-electron chi connectivity index (χ4n) is 2.49. The van der Waals surface area contributed by atoms with Crippen LogP contribution in [0.15, 0.2) is 12.1 Å². The van der Waals surface area contributed by atoms with E-state index in [1.54, 1.807) is 11.3 Å². The van der Waals surface area contributed by atoms with Gasteiger partial charge >= 0.3 is 0 Å². The summed E-state index contributed by atoms with van der Waals surface area (Å²) in [7, 11) is 0. The van der Waals surface area contributed by atoms with E-state index in [1.165, 1.54) is 22.6 Å². The summed E-state index contributed by atoms with van der Waals surface area (Å²) in [6.45, 7) is 6.75. The van der Waals surface area contributed by atoms with Gasteiger partial charge in [0, 0.05) is 29.4 Å². The quantitative estimate of drug-likeness (QED) is 0.919. The Morgan fingerprint density at radius 2 is 2.00 bits per heavy atom. The van der Waals surface area contributed by atoms with Crippen LogP contribution in [0, 0.1) is 6.92 Å². The molecule has 2 rings (SSSR count). The molecule has 0 spiro atoms. The number of likely N-dealkylation sites (tertiary alicyclic amines) is 1. The lowest BCUT2D eigenvalue weighted by molar-refractivity contribution is -0.133. The summed E-state index contributed by atoms with van der Waals surface area (Å²) in [5, 5.41) is 3.35. The normalized spacial score (nSPS) is 18.1. The van der Waals surface area contributed by atoms with Gasteiger partial charge in [-0.2, -0.15) is 0 Å². The highest BCUT2D eigenvalue weighted by molar-refractivity contribution is 7.11. The van der Waals surface area contributed by atoms with Gasteiger partial charge in [-0.3, -0.25) is 4.79 Å². The molecule has 0 aromatic carbocycles. The van der Waals surface area contributed by atoms with E-state index in [1.807, 2.05) is 11.8 Å². The molecule has 1 atom stereocenters. The van der Waals surface area contributed by atoms with E-state index in [-0.39, 0.29) is 11.9 Å². The monoisotopic (exact) mass is 280 g/mol. The van der Waals surface area contributed by atoms with Gasteiger partial charge in [-0.25, -0.2) is 0 Å². The molecule has 2 heterocycles. The van der Waals surface area contributed by atoms with Crippen LogP contribution < -0.4 is 5.32 Å². The Kier molecular flexibility index (Phi) is 5.40. The Morgan fingerprint density at radius 1 is 1.32 bits per heavy atom. The topological polar surface area (TPSA) is 32.3 Å². The van der Waals surface area contributed by atoms with Gasteiger partial charge in [0.25, 0.3) is 0 Å². The molecular formula is C15H24N2OS. The van der Waals surface area contributed by atoms with E-state index < -0.39 is 0 Å². The van der Waals surface area contributed by atoms with Crippen molar-refractivity contribution in [3.05, 3.63) is 21.9 Å². The van der Waals surface area contributed by atoms with Gasteiger partial charge in [-0.05, 0) is 38.8 Å². The summed E-state index contributed by atoms with van der Waals surface area (Å²) in [6.07, 6.45) is 4.84. The molecule has 1 amide bonds. The van der Waals surface area contributed by atoms with Crippen molar-refractivity contribution in [3.8, 4) is 0 Å². The first-order valence-corrected chi connectivity index (χ1v) is 8.06. The highest BCUT2D eigenvalue weighted by atomic mass is 32.1. The fraction of sp³-hybridized carbons (Fsp3) is 0.667. The molecule has 0 aliphatic carbocycles. The zero-order valence-electron chi connectivity index (χ0n) is 11.9. The van der Waals surface area contributed by atoms with E-state index >= 15 is 0 Å². The lowest BCUT2D eigenvalue weighted by atomic mass is 10.2. The zero-order valence-corrected chi connectivity index (χ0v) is 12.8. The van der Waals surface area contributed by atoms with Crippen LogP contribution in [0.25, 0.3) is 0 Å². The van der Waals surface area contributed by atoms with Crippen molar-refractivity contribution < 1.29 is 4.79 Å². The highest BCUT2D eigenvalue weighted by Gasteiger charge is 2.20. The Morgan fingerprint density at radius 3 is 2.58 bits per heavy atom. The predicted octanol–water partition coefficient (Wildman–Crippen LogP) is 2.94. The zero-order chi connectivity index (χ0) is 13.7. The Balaban J connectivity index is 1.81.